The van der Waals surface area contributed by atoms with Gasteiger partial charge in [0.15, 0.2) is 0 Å². The molecule has 1 saturated heterocycles. The quantitative estimate of drug-likeness (QED) is 0.550. The van der Waals surface area contributed by atoms with Gasteiger partial charge in [0.05, 0.1) is 0 Å². The van der Waals surface area contributed by atoms with E-state index in [9.17, 15) is 0 Å². The lowest BCUT2D eigenvalue weighted by molar-refractivity contribution is 0.129. The van der Waals surface area contributed by atoms with Crippen LogP contribution in [0.5, 0.6) is 0 Å². The predicted octanol–water partition coefficient (Wildman–Crippen LogP) is 2.29. The van der Waals surface area contributed by atoms with Crippen molar-refractivity contribution in [3.8, 4) is 0 Å². The van der Waals surface area contributed by atoms with E-state index in [2.05, 4.69) is 25.3 Å². The van der Waals surface area contributed by atoms with E-state index in [0.29, 0.717) is 5.41 Å². The third-order valence-corrected chi connectivity index (χ3v) is 2.37. The van der Waals surface area contributed by atoms with Crippen LogP contribution in [0.2, 0.25) is 0 Å². The minimum Gasteiger partial charge on any atom is -0.299 e. The van der Waals surface area contributed by atoms with Crippen LogP contribution in [-0.4, -0.2) is 24.5 Å². The summed E-state index contributed by atoms with van der Waals surface area (Å²) in [6.07, 6.45) is 4.73. The summed E-state index contributed by atoms with van der Waals surface area (Å²) in [7, 11) is 0. The SMILES string of the molecule is C=CCN1CCCC(C)(C)C1. The first-order valence-electron chi connectivity index (χ1n) is 4.47. The molecule has 1 fully saturated rings. The van der Waals surface area contributed by atoms with Gasteiger partial charge in [0.1, 0.15) is 0 Å². The summed E-state index contributed by atoms with van der Waals surface area (Å²) in [5, 5.41) is 0. The van der Waals surface area contributed by atoms with Gasteiger partial charge >= 0.3 is 0 Å². The van der Waals surface area contributed by atoms with Gasteiger partial charge in [0.25, 0.3) is 0 Å². The van der Waals surface area contributed by atoms with Crippen molar-refractivity contribution in [1.82, 2.24) is 4.90 Å². The molecule has 11 heavy (non-hydrogen) atoms. The van der Waals surface area contributed by atoms with E-state index in [0.717, 1.165) is 6.54 Å². The van der Waals surface area contributed by atoms with Gasteiger partial charge in [-0.1, -0.05) is 19.9 Å². The fraction of sp³-hybridized carbons (Fsp3) is 0.800. The Morgan fingerprint density at radius 2 is 2.27 bits per heavy atom. The topological polar surface area (TPSA) is 3.24 Å². The molecule has 1 aliphatic rings. The van der Waals surface area contributed by atoms with Crippen molar-refractivity contribution in [3.63, 3.8) is 0 Å². The van der Waals surface area contributed by atoms with Crippen LogP contribution in [0.25, 0.3) is 0 Å². The lowest BCUT2D eigenvalue weighted by Crippen LogP contribution is -2.39. The average molecular weight is 153 g/mol. The highest BCUT2D eigenvalue weighted by molar-refractivity contribution is 4.83. The van der Waals surface area contributed by atoms with E-state index in [1.165, 1.54) is 25.9 Å². The van der Waals surface area contributed by atoms with E-state index < -0.39 is 0 Å². The zero-order valence-electron chi connectivity index (χ0n) is 7.77. The number of hydrogen-bond donors (Lipinski definition) is 0. The molecular weight excluding hydrogens is 134 g/mol. The number of nitrogens with zero attached hydrogens (tertiary/aromatic N) is 1. The van der Waals surface area contributed by atoms with Gasteiger partial charge in [0, 0.05) is 13.1 Å². The molecule has 0 unspecified atom stereocenters. The molecule has 1 nitrogen and oxygen atoms in total. The Hall–Kier alpha value is -0.300. The van der Waals surface area contributed by atoms with Crippen molar-refractivity contribution in [1.29, 1.82) is 0 Å². The zero-order chi connectivity index (χ0) is 8.32. The molecule has 1 rings (SSSR count). The zero-order valence-corrected chi connectivity index (χ0v) is 7.77. The van der Waals surface area contributed by atoms with E-state index >= 15 is 0 Å². The van der Waals surface area contributed by atoms with Crippen LogP contribution in [0.1, 0.15) is 26.7 Å². The summed E-state index contributed by atoms with van der Waals surface area (Å²) < 4.78 is 0. The van der Waals surface area contributed by atoms with Crippen LogP contribution >= 0.6 is 0 Å². The second-order valence-corrected chi connectivity index (χ2v) is 4.29. The van der Waals surface area contributed by atoms with Gasteiger partial charge in [-0.05, 0) is 24.8 Å². The molecule has 0 atom stereocenters. The molecule has 0 saturated carbocycles. The first-order chi connectivity index (χ1) is 5.14. The monoisotopic (exact) mass is 153 g/mol. The third kappa shape index (κ3) is 2.66. The summed E-state index contributed by atoms with van der Waals surface area (Å²) in [6.45, 7) is 12.0. The van der Waals surface area contributed by atoms with Crippen molar-refractivity contribution >= 4 is 0 Å². The number of piperidine rings is 1. The largest absolute Gasteiger partial charge is 0.299 e. The highest BCUT2D eigenvalue weighted by Crippen LogP contribution is 2.27. The van der Waals surface area contributed by atoms with Gasteiger partial charge in [-0.3, -0.25) is 4.90 Å². The molecule has 0 spiro atoms. The van der Waals surface area contributed by atoms with Crippen LogP contribution in [0.4, 0.5) is 0 Å². The Morgan fingerprint density at radius 3 is 2.82 bits per heavy atom. The highest BCUT2D eigenvalue weighted by Gasteiger charge is 2.25. The maximum Gasteiger partial charge on any atom is 0.0160 e. The second-order valence-electron chi connectivity index (χ2n) is 4.29. The van der Waals surface area contributed by atoms with Crippen molar-refractivity contribution in [3.05, 3.63) is 12.7 Å². The lowest BCUT2D eigenvalue weighted by atomic mass is 9.84. The Labute approximate surface area is 70.1 Å². The number of hydrogen-bond acceptors (Lipinski definition) is 1. The fourth-order valence-electron chi connectivity index (χ4n) is 1.88. The average Bonchev–Trinajstić information content (AvgIpc) is 1.85. The molecule has 0 aliphatic carbocycles. The van der Waals surface area contributed by atoms with Crippen LogP contribution < -0.4 is 0 Å². The van der Waals surface area contributed by atoms with E-state index in [1.54, 1.807) is 0 Å². The van der Waals surface area contributed by atoms with E-state index in [-0.39, 0.29) is 0 Å². The van der Waals surface area contributed by atoms with Crippen molar-refractivity contribution < 1.29 is 0 Å². The van der Waals surface area contributed by atoms with Gasteiger partial charge in [-0.25, -0.2) is 0 Å². The molecule has 1 heteroatoms. The first-order valence-corrected chi connectivity index (χ1v) is 4.47. The summed E-state index contributed by atoms with van der Waals surface area (Å²) in [5.41, 5.74) is 0.529. The van der Waals surface area contributed by atoms with E-state index in [4.69, 9.17) is 0 Å². The number of rotatable bonds is 2. The summed E-state index contributed by atoms with van der Waals surface area (Å²) in [6, 6.07) is 0. The summed E-state index contributed by atoms with van der Waals surface area (Å²) in [5.74, 6) is 0. The molecule has 0 amide bonds. The van der Waals surface area contributed by atoms with E-state index in [1.807, 2.05) is 6.08 Å². The second kappa shape index (κ2) is 3.40. The maximum atomic E-state index is 3.76. The normalized spacial score (nSPS) is 24.9. The Morgan fingerprint density at radius 1 is 1.55 bits per heavy atom. The minimum atomic E-state index is 0.529. The van der Waals surface area contributed by atoms with Gasteiger partial charge in [-0.2, -0.15) is 0 Å². The fourth-order valence-corrected chi connectivity index (χ4v) is 1.88. The first kappa shape index (κ1) is 8.79. The molecule has 0 radical (unpaired) electrons. The Kier molecular flexibility index (Phi) is 2.72. The molecular formula is C10H19N. The van der Waals surface area contributed by atoms with Crippen molar-refractivity contribution in [2.24, 2.45) is 5.41 Å². The number of likely N-dealkylation sites (tertiary alicyclic amines) is 1. The molecule has 64 valence electrons. The molecule has 0 bridgehead atoms. The van der Waals surface area contributed by atoms with Crippen LogP contribution in [-0.2, 0) is 0 Å². The maximum absolute atomic E-state index is 3.76. The van der Waals surface area contributed by atoms with Crippen LogP contribution in [0.3, 0.4) is 0 Å². The van der Waals surface area contributed by atoms with Crippen molar-refractivity contribution in [2.45, 2.75) is 26.7 Å². The molecule has 0 aromatic rings. The molecule has 0 aromatic heterocycles. The molecule has 1 aliphatic heterocycles. The Balaban J connectivity index is 2.39. The summed E-state index contributed by atoms with van der Waals surface area (Å²) in [4.78, 5) is 2.48. The van der Waals surface area contributed by atoms with Crippen LogP contribution in [0.15, 0.2) is 12.7 Å². The van der Waals surface area contributed by atoms with Gasteiger partial charge < -0.3 is 0 Å². The molecule has 1 heterocycles. The minimum absolute atomic E-state index is 0.529. The predicted molar refractivity (Wildman–Crippen MR) is 49.7 cm³/mol. The summed E-state index contributed by atoms with van der Waals surface area (Å²) >= 11 is 0. The van der Waals surface area contributed by atoms with Crippen molar-refractivity contribution in [2.75, 3.05) is 19.6 Å². The Bertz CT molecular complexity index is 138. The molecule has 0 N–H and O–H groups in total. The molecule has 0 aromatic carbocycles. The van der Waals surface area contributed by atoms with Gasteiger partial charge in [0.2, 0.25) is 0 Å². The van der Waals surface area contributed by atoms with Gasteiger partial charge in [-0.15, -0.1) is 6.58 Å². The van der Waals surface area contributed by atoms with Crippen LogP contribution in [0, 0.1) is 5.41 Å². The smallest absolute Gasteiger partial charge is 0.0160 e. The standard InChI is InChI=1S/C10H19N/c1-4-7-11-8-5-6-10(2,3)9-11/h4H,1,5-9H2,2-3H3. The lowest BCUT2D eigenvalue weighted by Gasteiger charge is -2.37. The third-order valence-electron chi connectivity index (χ3n) is 2.37. The highest BCUT2D eigenvalue weighted by atomic mass is 15.1.